The van der Waals surface area contributed by atoms with Gasteiger partial charge in [-0.05, 0) is 6.07 Å². The molecule has 0 amide bonds. The third-order valence-corrected chi connectivity index (χ3v) is 2.68. The summed E-state index contributed by atoms with van der Waals surface area (Å²) < 4.78 is 4.63. The minimum absolute atomic E-state index is 0.343. The van der Waals surface area contributed by atoms with Gasteiger partial charge in [-0.15, -0.1) is 0 Å². The molecule has 15 heavy (non-hydrogen) atoms. The lowest BCUT2D eigenvalue weighted by Crippen LogP contribution is -1.97. The largest absolute Gasteiger partial charge is 0.467 e. The highest BCUT2D eigenvalue weighted by molar-refractivity contribution is 6.36. The van der Waals surface area contributed by atoms with Crippen LogP contribution in [0.3, 0.4) is 0 Å². The molecule has 2 aromatic rings. The Morgan fingerprint density at radius 3 is 2.93 bits per heavy atom. The number of hydrogen-bond acceptors (Lipinski definition) is 2. The number of carbonyl (C=O) groups is 1. The van der Waals surface area contributed by atoms with Crippen LogP contribution in [0.2, 0.25) is 5.02 Å². The van der Waals surface area contributed by atoms with E-state index in [1.807, 2.05) is 24.3 Å². The van der Waals surface area contributed by atoms with Crippen LogP contribution < -0.4 is 0 Å². The van der Waals surface area contributed by atoms with Crippen molar-refractivity contribution in [2.75, 3.05) is 6.61 Å². The number of aromatic nitrogens is 1. The van der Waals surface area contributed by atoms with E-state index >= 15 is 0 Å². The Balaban J connectivity index is 2.27. The first-order chi connectivity index (χ1) is 7.33. The summed E-state index contributed by atoms with van der Waals surface area (Å²) in [6, 6.07) is 7.80. The van der Waals surface area contributed by atoms with Gasteiger partial charge in [-0.25, -0.2) is 0 Å². The fraction of sp³-hybridized carbons (Fsp3) is 0.182. The van der Waals surface area contributed by atoms with Crippen molar-refractivity contribution in [2.45, 2.75) is 6.42 Å². The van der Waals surface area contributed by atoms with E-state index < -0.39 is 0 Å². The highest BCUT2D eigenvalue weighted by atomic mass is 35.5. The van der Waals surface area contributed by atoms with Crippen molar-refractivity contribution in [1.82, 2.24) is 4.98 Å². The summed E-state index contributed by atoms with van der Waals surface area (Å²) in [6.45, 7) is 0.784. The summed E-state index contributed by atoms with van der Waals surface area (Å²) in [5.41, 5.74) is 1.91. The van der Waals surface area contributed by atoms with Crippen molar-refractivity contribution >= 4 is 29.0 Å². The summed E-state index contributed by atoms with van der Waals surface area (Å²) in [6.07, 6.45) is 0.603. The lowest BCUT2D eigenvalue weighted by atomic mass is 10.2. The average molecular weight is 224 g/mol. The Labute approximate surface area is 92.0 Å². The third-order valence-electron chi connectivity index (χ3n) is 2.25. The predicted molar refractivity (Wildman–Crippen MR) is 59.0 cm³/mol. The molecule has 0 radical (unpaired) electrons. The molecule has 4 heteroatoms. The van der Waals surface area contributed by atoms with Crippen LogP contribution in [0, 0.1) is 0 Å². The molecular formula is C11H10ClNO2. The van der Waals surface area contributed by atoms with Gasteiger partial charge in [0, 0.05) is 23.0 Å². The topological polar surface area (TPSA) is 42.1 Å². The van der Waals surface area contributed by atoms with Crippen molar-refractivity contribution < 1.29 is 9.53 Å². The molecular weight excluding hydrogens is 214 g/mol. The third kappa shape index (κ3) is 1.97. The Hall–Kier alpha value is -1.48. The highest BCUT2D eigenvalue weighted by Crippen LogP contribution is 2.27. The Kier molecular flexibility index (Phi) is 2.92. The number of nitrogens with one attached hydrogen (secondary N) is 1. The minimum atomic E-state index is 0.343. The molecule has 1 aromatic carbocycles. The quantitative estimate of drug-likeness (QED) is 0.639. The van der Waals surface area contributed by atoms with E-state index in [0.29, 0.717) is 24.5 Å². The zero-order valence-corrected chi connectivity index (χ0v) is 8.75. The van der Waals surface area contributed by atoms with Crippen molar-refractivity contribution in [3.05, 3.63) is 35.0 Å². The van der Waals surface area contributed by atoms with Gasteiger partial charge in [0.2, 0.25) is 0 Å². The molecule has 2 rings (SSSR count). The molecule has 0 aliphatic heterocycles. The second kappa shape index (κ2) is 4.36. The number of halogens is 1. The van der Waals surface area contributed by atoms with Crippen LogP contribution in [0.15, 0.2) is 24.3 Å². The molecule has 1 N–H and O–H groups in total. The first-order valence-electron chi connectivity index (χ1n) is 4.63. The second-order valence-corrected chi connectivity index (χ2v) is 3.56. The van der Waals surface area contributed by atoms with E-state index in [4.69, 9.17) is 11.6 Å². The fourth-order valence-electron chi connectivity index (χ4n) is 1.54. The molecule has 0 saturated carbocycles. The zero-order chi connectivity index (χ0) is 10.7. The number of aromatic amines is 1. The molecule has 0 fully saturated rings. The maximum Gasteiger partial charge on any atom is 0.293 e. The van der Waals surface area contributed by atoms with Gasteiger partial charge in [-0.2, -0.15) is 0 Å². The van der Waals surface area contributed by atoms with Crippen LogP contribution in [0.4, 0.5) is 0 Å². The van der Waals surface area contributed by atoms with E-state index in [9.17, 15) is 4.79 Å². The SMILES string of the molecule is O=COCCc1[nH]c2ccccc2c1Cl. The van der Waals surface area contributed by atoms with Crippen molar-refractivity contribution in [3.63, 3.8) is 0 Å². The minimum Gasteiger partial charge on any atom is -0.467 e. The van der Waals surface area contributed by atoms with Gasteiger partial charge in [-0.1, -0.05) is 29.8 Å². The number of rotatable bonds is 4. The number of para-hydroxylation sites is 1. The Morgan fingerprint density at radius 2 is 2.20 bits per heavy atom. The molecule has 0 aliphatic rings. The number of ether oxygens (including phenoxy) is 1. The van der Waals surface area contributed by atoms with Crippen molar-refractivity contribution in [2.24, 2.45) is 0 Å². The van der Waals surface area contributed by atoms with Gasteiger partial charge < -0.3 is 9.72 Å². The summed E-state index contributed by atoms with van der Waals surface area (Å²) >= 11 is 6.16. The predicted octanol–water partition coefficient (Wildman–Crippen LogP) is 2.54. The van der Waals surface area contributed by atoms with Gasteiger partial charge in [0.1, 0.15) is 0 Å². The van der Waals surface area contributed by atoms with Crippen LogP contribution in [0.5, 0.6) is 0 Å². The molecule has 1 aromatic heterocycles. The van der Waals surface area contributed by atoms with E-state index in [1.54, 1.807) is 0 Å². The number of H-pyrrole nitrogens is 1. The van der Waals surface area contributed by atoms with Crippen LogP contribution in [-0.4, -0.2) is 18.1 Å². The molecule has 1 heterocycles. The summed E-state index contributed by atoms with van der Waals surface area (Å²) in [5.74, 6) is 0. The zero-order valence-electron chi connectivity index (χ0n) is 8.00. The molecule has 3 nitrogen and oxygen atoms in total. The normalized spacial score (nSPS) is 10.5. The van der Waals surface area contributed by atoms with Crippen LogP contribution in [0.25, 0.3) is 10.9 Å². The fourth-order valence-corrected chi connectivity index (χ4v) is 1.85. The average Bonchev–Trinajstić information content (AvgIpc) is 2.57. The van der Waals surface area contributed by atoms with Gasteiger partial charge >= 0.3 is 0 Å². The van der Waals surface area contributed by atoms with Crippen molar-refractivity contribution in [1.29, 1.82) is 0 Å². The van der Waals surface area contributed by atoms with Gasteiger partial charge in [-0.3, -0.25) is 4.79 Å². The molecule has 0 saturated heterocycles. The van der Waals surface area contributed by atoms with E-state index in [-0.39, 0.29) is 0 Å². The molecule has 0 unspecified atom stereocenters. The maximum absolute atomic E-state index is 9.99. The maximum atomic E-state index is 9.99. The molecule has 0 bridgehead atoms. The van der Waals surface area contributed by atoms with Gasteiger partial charge in [0.05, 0.1) is 11.6 Å². The number of fused-ring (bicyclic) bond motifs is 1. The number of benzene rings is 1. The van der Waals surface area contributed by atoms with E-state index in [1.165, 1.54) is 0 Å². The lowest BCUT2D eigenvalue weighted by molar-refractivity contribution is -0.128. The Morgan fingerprint density at radius 1 is 1.40 bits per heavy atom. The van der Waals surface area contributed by atoms with Crippen LogP contribution >= 0.6 is 11.6 Å². The lowest BCUT2D eigenvalue weighted by Gasteiger charge is -1.97. The highest BCUT2D eigenvalue weighted by Gasteiger charge is 2.08. The molecule has 0 aliphatic carbocycles. The van der Waals surface area contributed by atoms with Crippen LogP contribution in [0.1, 0.15) is 5.69 Å². The van der Waals surface area contributed by atoms with Crippen LogP contribution in [-0.2, 0) is 16.0 Å². The number of hydrogen-bond donors (Lipinski definition) is 1. The van der Waals surface area contributed by atoms with Gasteiger partial charge in [0.15, 0.2) is 0 Å². The molecule has 78 valence electrons. The molecule has 0 atom stereocenters. The summed E-state index contributed by atoms with van der Waals surface area (Å²) in [7, 11) is 0. The first kappa shape index (κ1) is 10.1. The summed E-state index contributed by atoms with van der Waals surface area (Å²) in [4.78, 5) is 13.2. The number of carbonyl (C=O) groups excluding carboxylic acids is 1. The second-order valence-electron chi connectivity index (χ2n) is 3.18. The monoisotopic (exact) mass is 223 g/mol. The first-order valence-corrected chi connectivity index (χ1v) is 5.01. The molecule has 0 spiro atoms. The van der Waals surface area contributed by atoms with E-state index in [0.717, 1.165) is 16.6 Å². The van der Waals surface area contributed by atoms with Crippen molar-refractivity contribution in [3.8, 4) is 0 Å². The Bertz CT molecular complexity index is 478. The summed E-state index contributed by atoms with van der Waals surface area (Å²) in [5, 5.41) is 1.71. The standard InChI is InChI=1S/C11H10ClNO2/c12-11-8-3-1-2-4-9(8)13-10(11)5-6-15-7-14/h1-4,7,13H,5-6H2. The van der Waals surface area contributed by atoms with Gasteiger partial charge in [0.25, 0.3) is 6.47 Å². The smallest absolute Gasteiger partial charge is 0.293 e. The van der Waals surface area contributed by atoms with E-state index in [2.05, 4.69) is 9.72 Å².